The third kappa shape index (κ3) is 2.84. The molecule has 3 heteroatoms. The van der Waals surface area contributed by atoms with Crippen LogP contribution in [0.5, 0.6) is 0 Å². The molecule has 3 rings (SSSR count). The van der Waals surface area contributed by atoms with E-state index in [0.29, 0.717) is 24.7 Å². The Bertz CT molecular complexity index is 285. The van der Waals surface area contributed by atoms with Crippen LogP contribution in [0, 0.1) is 0 Å². The molecule has 0 aromatic rings. The van der Waals surface area contributed by atoms with Gasteiger partial charge in [0, 0.05) is 23.7 Å². The maximum Gasteiger partial charge on any atom is 0.0614 e. The maximum atomic E-state index is 10.0. The molecule has 2 aliphatic heterocycles. The molecule has 1 aliphatic carbocycles. The van der Waals surface area contributed by atoms with Gasteiger partial charge in [0.25, 0.3) is 0 Å². The molecule has 19 heavy (non-hydrogen) atoms. The van der Waals surface area contributed by atoms with Crippen LogP contribution in [0.4, 0.5) is 0 Å². The molecule has 2 atom stereocenters. The molecule has 2 heterocycles. The number of hydrogen-bond acceptors (Lipinski definition) is 3. The minimum atomic E-state index is 0.0212. The fourth-order valence-electron chi connectivity index (χ4n) is 4.72. The van der Waals surface area contributed by atoms with Crippen LogP contribution in [0.1, 0.15) is 64.2 Å². The van der Waals surface area contributed by atoms with Gasteiger partial charge in [0.1, 0.15) is 0 Å². The lowest BCUT2D eigenvalue weighted by molar-refractivity contribution is 0.0384. The fourth-order valence-corrected chi connectivity index (χ4v) is 4.72. The Morgan fingerprint density at radius 3 is 2.11 bits per heavy atom. The molecule has 2 unspecified atom stereocenters. The molecule has 3 aliphatic rings. The Labute approximate surface area is 117 Å². The third-order valence-corrected chi connectivity index (χ3v) is 5.91. The van der Waals surface area contributed by atoms with Crippen molar-refractivity contribution < 1.29 is 5.11 Å². The molecule has 2 N–H and O–H groups in total. The molecular formula is C16H30N2O. The number of nitrogens with one attached hydrogen (secondary N) is 1. The minimum absolute atomic E-state index is 0.0212. The highest BCUT2D eigenvalue weighted by molar-refractivity contribution is 5.05. The average Bonchev–Trinajstić information content (AvgIpc) is 2.68. The summed E-state index contributed by atoms with van der Waals surface area (Å²) in [5.74, 6) is 0. The van der Waals surface area contributed by atoms with Gasteiger partial charge in [-0.1, -0.05) is 25.7 Å². The summed E-state index contributed by atoms with van der Waals surface area (Å²) in [5.41, 5.74) is 0.0212. The summed E-state index contributed by atoms with van der Waals surface area (Å²) in [7, 11) is 2.27. The van der Waals surface area contributed by atoms with E-state index >= 15 is 0 Å². The Balaban J connectivity index is 1.66. The van der Waals surface area contributed by atoms with Crippen LogP contribution in [0.2, 0.25) is 0 Å². The molecule has 2 saturated heterocycles. The number of nitrogens with zero attached hydrogens (tertiary/aromatic N) is 1. The number of piperidine rings is 1. The van der Waals surface area contributed by atoms with Gasteiger partial charge in [-0.3, -0.25) is 0 Å². The van der Waals surface area contributed by atoms with E-state index in [0.717, 1.165) is 12.8 Å². The average molecular weight is 266 g/mol. The molecule has 3 fully saturated rings. The number of aliphatic hydroxyl groups is 1. The molecule has 0 spiro atoms. The van der Waals surface area contributed by atoms with Crippen LogP contribution in [-0.4, -0.2) is 47.3 Å². The van der Waals surface area contributed by atoms with Crippen molar-refractivity contribution in [1.29, 1.82) is 0 Å². The Kier molecular flexibility index (Phi) is 4.16. The second-order valence-corrected chi connectivity index (χ2v) is 7.23. The van der Waals surface area contributed by atoms with Gasteiger partial charge in [0.05, 0.1) is 6.61 Å². The van der Waals surface area contributed by atoms with Crippen molar-refractivity contribution in [2.45, 2.75) is 87.9 Å². The SMILES string of the molecule is CN1C2CCC1CC(CO)(NC1CCCCCC1)C2. The minimum Gasteiger partial charge on any atom is -0.394 e. The first-order chi connectivity index (χ1) is 9.22. The van der Waals surface area contributed by atoms with Crippen molar-refractivity contribution in [3.05, 3.63) is 0 Å². The second kappa shape index (κ2) is 5.71. The van der Waals surface area contributed by atoms with Gasteiger partial charge in [-0.2, -0.15) is 0 Å². The van der Waals surface area contributed by atoms with E-state index in [2.05, 4.69) is 17.3 Å². The number of hydrogen-bond donors (Lipinski definition) is 2. The summed E-state index contributed by atoms with van der Waals surface area (Å²) >= 11 is 0. The highest BCUT2D eigenvalue weighted by atomic mass is 16.3. The van der Waals surface area contributed by atoms with Crippen LogP contribution in [-0.2, 0) is 0 Å². The normalized spacial score (nSPS) is 41.4. The van der Waals surface area contributed by atoms with Crippen LogP contribution >= 0.6 is 0 Å². The van der Waals surface area contributed by atoms with Gasteiger partial charge in [-0.05, 0) is 45.6 Å². The smallest absolute Gasteiger partial charge is 0.0614 e. The van der Waals surface area contributed by atoms with Crippen molar-refractivity contribution in [3.63, 3.8) is 0 Å². The van der Waals surface area contributed by atoms with Gasteiger partial charge in [0.2, 0.25) is 0 Å². The molecule has 1 saturated carbocycles. The summed E-state index contributed by atoms with van der Waals surface area (Å²) in [6, 6.07) is 2.05. The van der Waals surface area contributed by atoms with Gasteiger partial charge in [-0.15, -0.1) is 0 Å². The van der Waals surface area contributed by atoms with Gasteiger partial charge in [-0.25, -0.2) is 0 Å². The molecule has 0 aromatic carbocycles. The first-order valence-electron chi connectivity index (χ1n) is 8.33. The molecule has 0 radical (unpaired) electrons. The van der Waals surface area contributed by atoms with E-state index in [1.165, 1.54) is 51.4 Å². The number of rotatable bonds is 3. The Morgan fingerprint density at radius 1 is 1.00 bits per heavy atom. The lowest BCUT2D eigenvalue weighted by Gasteiger charge is -2.46. The highest BCUT2D eigenvalue weighted by Gasteiger charge is 2.47. The van der Waals surface area contributed by atoms with Crippen LogP contribution in [0.15, 0.2) is 0 Å². The first-order valence-corrected chi connectivity index (χ1v) is 8.33. The standard InChI is InChI=1S/C16H30N2O/c1-18-14-8-9-15(18)11-16(10-14,12-19)17-13-6-4-2-3-5-7-13/h13-15,17,19H,2-12H2,1H3. The number of fused-ring (bicyclic) bond motifs is 2. The zero-order valence-corrected chi connectivity index (χ0v) is 12.4. The predicted molar refractivity (Wildman–Crippen MR) is 78.2 cm³/mol. The quantitative estimate of drug-likeness (QED) is 0.769. The largest absolute Gasteiger partial charge is 0.394 e. The second-order valence-electron chi connectivity index (χ2n) is 7.23. The van der Waals surface area contributed by atoms with E-state index in [-0.39, 0.29) is 5.54 Å². The van der Waals surface area contributed by atoms with Crippen molar-refractivity contribution in [2.24, 2.45) is 0 Å². The number of aliphatic hydroxyl groups excluding tert-OH is 1. The molecule has 3 nitrogen and oxygen atoms in total. The molecular weight excluding hydrogens is 236 g/mol. The summed E-state index contributed by atoms with van der Waals surface area (Å²) in [6.45, 7) is 0.324. The fraction of sp³-hybridized carbons (Fsp3) is 1.00. The van der Waals surface area contributed by atoms with E-state index in [4.69, 9.17) is 0 Å². The summed E-state index contributed by atoms with van der Waals surface area (Å²) in [5, 5.41) is 13.9. The van der Waals surface area contributed by atoms with Crippen molar-refractivity contribution in [1.82, 2.24) is 10.2 Å². The van der Waals surface area contributed by atoms with E-state index < -0.39 is 0 Å². The molecule has 2 bridgehead atoms. The van der Waals surface area contributed by atoms with Crippen molar-refractivity contribution >= 4 is 0 Å². The van der Waals surface area contributed by atoms with E-state index in [1.54, 1.807) is 0 Å². The lowest BCUT2D eigenvalue weighted by Crippen LogP contribution is -2.61. The van der Waals surface area contributed by atoms with Crippen LogP contribution in [0.25, 0.3) is 0 Å². The zero-order chi connectivity index (χ0) is 13.3. The third-order valence-electron chi connectivity index (χ3n) is 5.91. The summed E-state index contributed by atoms with van der Waals surface area (Å²) < 4.78 is 0. The Morgan fingerprint density at radius 2 is 1.58 bits per heavy atom. The van der Waals surface area contributed by atoms with Crippen LogP contribution < -0.4 is 5.32 Å². The van der Waals surface area contributed by atoms with Crippen molar-refractivity contribution in [2.75, 3.05) is 13.7 Å². The maximum absolute atomic E-state index is 10.0. The topological polar surface area (TPSA) is 35.5 Å². The van der Waals surface area contributed by atoms with E-state index in [9.17, 15) is 5.11 Å². The zero-order valence-electron chi connectivity index (χ0n) is 12.4. The van der Waals surface area contributed by atoms with E-state index in [1.807, 2.05) is 0 Å². The molecule has 110 valence electrons. The summed E-state index contributed by atoms with van der Waals surface area (Å²) in [4.78, 5) is 2.56. The Hall–Kier alpha value is -0.120. The van der Waals surface area contributed by atoms with Gasteiger partial charge < -0.3 is 15.3 Å². The van der Waals surface area contributed by atoms with Crippen molar-refractivity contribution in [3.8, 4) is 0 Å². The predicted octanol–water partition coefficient (Wildman–Crippen LogP) is 2.29. The van der Waals surface area contributed by atoms with Crippen LogP contribution in [0.3, 0.4) is 0 Å². The summed E-state index contributed by atoms with van der Waals surface area (Å²) in [6.07, 6.45) is 13.1. The molecule has 0 aromatic heterocycles. The molecule has 0 amide bonds. The monoisotopic (exact) mass is 266 g/mol. The highest BCUT2D eigenvalue weighted by Crippen LogP contribution is 2.40. The van der Waals surface area contributed by atoms with Gasteiger partial charge >= 0.3 is 0 Å². The lowest BCUT2D eigenvalue weighted by atomic mass is 9.82. The first kappa shape index (κ1) is 13.8. The van der Waals surface area contributed by atoms with Gasteiger partial charge in [0.15, 0.2) is 0 Å².